The molecule has 4 nitrogen and oxygen atoms in total. The van der Waals surface area contributed by atoms with Crippen LogP contribution in [0.5, 0.6) is 0 Å². The van der Waals surface area contributed by atoms with Crippen LogP contribution in [0.3, 0.4) is 0 Å². The van der Waals surface area contributed by atoms with Crippen LogP contribution in [-0.2, 0) is 22.7 Å². The van der Waals surface area contributed by atoms with Crippen LogP contribution in [0.1, 0.15) is 46.9 Å². The minimum absolute atomic E-state index is 0.0917. The van der Waals surface area contributed by atoms with Gasteiger partial charge < -0.3 is 10.6 Å². The Morgan fingerprint density at radius 2 is 0.969 bits per heavy atom. The third kappa shape index (κ3) is 4.75. The smallest absolute Gasteiger partial charge is 0.224 e. The molecule has 0 heterocycles. The summed E-state index contributed by atoms with van der Waals surface area (Å²) in [6, 6.07) is 28.6. The fraction of sp³-hybridized carbons (Fsp3) is 0.286. The highest BCUT2D eigenvalue weighted by Crippen LogP contribution is 2.48. The molecular weight excluding hydrogens is 396 g/mol. The fourth-order valence-electron chi connectivity index (χ4n) is 4.52. The van der Waals surface area contributed by atoms with E-state index < -0.39 is 0 Å². The summed E-state index contributed by atoms with van der Waals surface area (Å²) in [6.07, 6.45) is 1.86. The minimum Gasteiger partial charge on any atom is -0.352 e. The van der Waals surface area contributed by atoms with Crippen LogP contribution < -0.4 is 10.6 Å². The molecule has 2 N–H and O–H groups in total. The summed E-state index contributed by atoms with van der Waals surface area (Å²) in [7, 11) is 0. The summed E-state index contributed by atoms with van der Waals surface area (Å²) >= 11 is 0. The lowest BCUT2D eigenvalue weighted by molar-refractivity contribution is -0.123. The molecule has 5 rings (SSSR count). The first-order valence-electron chi connectivity index (χ1n) is 11.4. The van der Waals surface area contributed by atoms with E-state index in [1.54, 1.807) is 0 Å². The summed E-state index contributed by atoms with van der Waals surface area (Å²) < 4.78 is 0. The molecule has 0 spiro atoms. The van der Waals surface area contributed by atoms with Gasteiger partial charge in [-0.05, 0) is 46.9 Å². The van der Waals surface area contributed by atoms with Crippen molar-refractivity contribution in [2.75, 3.05) is 0 Å². The lowest BCUT2D eigenvalue weighted by atomic mass is 10.1. The van der Waals surface area contributed by atoms with Crippen molar-refractivity contribution in [1.29, 1.82) is 0 Å². The van der Waals surface area contributed by atoms with Gasteiger partial charge in [-0.1, -0.05) is 84.9 Å². The number of hydrogen-bond donors (Lipinski definition) is 2. The maximum Gasteiger partial charge on any atom is 0.224 e. The normalized spacial score (nSPS) is 23.2. The van der Waals surface area contributed by atoms with Gasteiger partial charge in [-0.15, -0.1) is 0 Å². The highest BCUT2D eigenvalue weighted by atomic mass is 16.2. The van der Waals surface area contributed by atoms with Gasteiger partial charge in [0.25, 0.3) is 0 Å². The second-order valence-corrected chi connectivity index (χ2v) is 8.97. The van der Waals surface area contributed by atoms with Crippen molar-refractivity contribution in [1.82, 2.24) is 10.6 Å². The number of benzene rings is 3. The van der Waals surface area contributed by atoms with Crippen LogP contribution in [0.2, 0.25) is 0 Å². The molecule has 2 fully saturated rings. The first kappa shape index (κ1) is 20.5. The highest BCUT2D eigenvalue weighted by molar-refractivity contribution is 5.83. The van der Waals surface area contributed by atoms with E-state index in [0.29, 0.717) is 24.9 Å². The molecule has 32 heavy (non-hydrogen) atoms. The van der Waals surface area contributed by atoms with Crippen LogP contribution >= 0.6 is 0 Å². The molecule has 3 aromatic rings. The Kier molecular flexibility index (Phi) is 5.76. The molecule has 0 bridgehead atoms. The Balaban J connectivity index is 1.05. The maximum atomic E-state index is 12.4. The number of rotatable bonds is 8. The van der Waals surface area contributed by atoms with Crippen LogP contribution in [0.4, 0.5) is 0 Å². The second-order valence-electron chi connectivity index (χ2n) is 8.97. The van der Waals surface area contributed by atoms with E-state index >= 15 is 0 Å². The first-order valence-corrected chi connectivity index (χ1v) is 11.4. The quantitative estimate of drug-likeness (QED) is 0.558. The average Bonchev–Trinajstić information content (AvgIpc) is 3.76. The van der Waals surface area contributed by atoms with Crippen molar-refractivity contribution in [3.63, 3.8) is 0 Å². The number of amides is 2. The molecule has 2 amide bonds. The van der Waals surface area contributed by atoms with Gasteiger partial charge in [0.15, 0.2) is 0 Å². The third-order valence-corrected chi connectivity index (χ3v) is 6.67. The van der Waals surface area contributed by atoms with E-state index in [9.17, 15) is 9.59 Å². The van der Waals surface area contributed by atoms with Gasteiger partial charge in [0, 0.05) is 24.9 Å². The van der Waals surface area contributed by atoms with Gasteiger partial charge in [0.2, 0.25) is 11.8 Å². The second kappa shape index (κ2) is 8.99. The van der Waals surface area contributed by atoms with Crippen molar-refractivity contribution in [2.45, 2.75) is 37.8 Å². The fourth-order valence-corrected chi connectivity index (χ4v) is 4.52. The van der Waals surface area contributed by atoms with Crippen LogP contribution in [0, 0.1) is 11.8 Å². The largest absolute Gasteiger partial charge is 0.352 e. The van der Waals surface area contributed by atoms with Crippen molar-refractivity contribution in [2.24, 2.45) is 11.8 Å². The van der Waals surface area contributed by atoms with E-state index in [1.807, 2.05) is 60.7 Å². The SMILES string of the molecule is O=C(NCc1ccc(CNC(=O)C2CC2c2ccccc2)cc1)C1CC1c1ccccc1. The standard InChI is InChI=1S/C28H28N2O2/c31-27(25-15-23(25)21-7-3-1-4-8-21)29-17-19-11-13-20(14-12-19)18-30-28(32)26-16-24(26)22-9-5-2-6-10-22/h1-14,23-26H,15-18H2,(H,29,31)(H,30,32). The van der Waals surface area contributed by atoms with Crippen LogP contribution in [0.25, 0.3) is 0 Å². The van der Waals surface area contributed by atoms with Gasteiger partial charge in [-0.2, -0.15) is 0 Å². The Bertz CT molecular complexity index is 991. The summed E-state index contributed by atoms with van der Waals surface area (Å²) in [6.45, 7) is 1.06. The molecule has 3 aromatic carbocycles. The summed E-state index contributed by atoms with van der Waals surface area (Å²) in [4.78, 5) is 24.9. The highest BCUT2D eigenvalue weighted by Gasteiger charge is 2.44. The Morgan fingerprint density at radius 3 is 1.34 bits per heavy atom. The summed E-state index contributed by atoms with van der Waals surface area (Å²) in [5.41, 5.74) is 4.63. The number of hydrogen-bond acceptors (Lipinski definition) is 2. The minimum atomic E-state index is 0.0917. The van der Waals surface area contributed by atoms with E-state index in [2.05, 4.69) is 34.9 Å². The van der Waals surface area contributed by atoms with E-state index in [-0.39, 0.29) is 23.7 Å². The molecule has 0 radical (unpaired) electrons. The zero-order chi connectivity index (χ0) is 21.9. The zero-order valence-electron chi connectivity index (χ0n) is 18.0. The Morgan fingerprint density at radius 1 is 0.594 bits per heavy atom. The van der Waals surface area contributed by atoms with Crippen molar-refractivity contribution >= 4 is 11.8 Å². The molecule has 0 aromatic heterocycles. The molecule has 4 atom stereocenters. The van der Waals surface area contributed by atoms with Gasteiger partial charge in [0.05, 0.1) is 0 Å². The molecule has 2 aliphatic carbocycles. The number of nitrogens with one attached hydrogen (secondary N) is 2. The summed E-state index contributed by atoms with van der Waals surface area (Å²) in [5, 5.41) is 6.13. The van der Waals surface area contributed by atoms with Crippen molar-refractivity contribution < 1.29 is 9.59 Å². The lowest BCUT2D eigenvalue weighted by Crippen LogP contribution is -2.25. The molecule has 162 valence electrons. The van der Waals surface area contributed by atoms with Crippen LogP contribution in [-0.4, -0.2) is 11.8 Å². The number of carbonyl (C=O) groups excluding carboxylic acids is 2. The number of carbonyl (C=O) groups is 2. The monoisotopic (exact) mass is 424 g/mol. The molecular formula is C28H28N2O2. The topological polar surface area (TPSA) is 58.2 Å². The molecule has 2 saturated carbocycles. The average molecular weight is 425 g/mol. The summed E-state index contributed by atoms with van der Waals surface area (Å²) in [5.74, 6) is 1.16. The van der Waals surface area contributed by atoms with E-state index in [0.717, 1.165) is 24.0 Å². The zero-order valence-corrected chi connectivity index (χ0v) is 18.0. The van der Waals surface area contributed by atoms with Crippen molar-refractivity contribution in [3.05, 3.63) is 107 Å². The maximum absolute atomic E-state index is 12.4. The molecule has 0 saturated heterocycles. The molecule has 4 unspecified atom stereocenters. The molecule has 2 aliphatic rings. The Hall–Kier alpha value is -3.40. The third-order valence-electron chi connectivity index (χ3n) is 6.67. The predicted octanol–water partition coefficient (Wildman–Crippen LogP) is 4.53. The molecule has 4 heteroatoms. The van der Waals surface area contributed by atoms with E-state index in [4.69, 9.17) is 0 Å². The lowest BCUT2D eigenvalue weighted by Gasteiger charge is -2.08. The van der Waals surface area contributed by atoms with Crippen molar-refractivity contribution in [3.8, 4) is 0 Å². The van der Waals surface area contributed by atoms with Gasteiger partial charge in [0.1, 0.15) is 0 Å². The van der Waals surface area contributed by atoms with Gasteiger partial charge in [-0.3, -0.25) is 9.59 Å². The molecule has 0 aliphatic heterocycles. The van der Waals surface area contributed by atoms with Gasteiger partial charge >= 0.3 is 0 Å². The van der Waals surface area contributed by atoms with Crippen LogP contribution in [0.15, 0.2) is 84.9 Å². The first-order chi connectivity index (χ1) is 15.7. The Labute approximate surface area is 189 Å². The van der Waals surface area contributed by atoms with E-state index in [1.165, 1.54) is 11.1 Å². The predicted molar refractivity (Wildman–Crippen MR) is 125 cm³/mol. The van der Waals surface area contributed by atoms with Gasteiger partial charge in [-0.25, -0.2) is 0 Å².